The van der Waals surface area contributed by atoms with Crippen molar-refractivity contribution in [2.75, 3.05) is 18.1 Å². The van der Waals surface area contributed by atoms with Gasteiger partial charge in [-0.2, -0.15) is 0 Å². The molecule has 2 aromatic carbocycles. The van der Waals surface area contributed by atoms with E-state index < -0.39 is 0 Å². The number of carbonyl (C=O) groups is 1. The number of para-hydroxylation sites is 1. The Labute approximate surface area is 171 Å². The number of furan rings is 1. The Morgan fingerprint density at radius 2 is 1.97 bits per heavy atom. The molecule has 146 valence electrons. The quantitative estimate of drug-likeness (QED) is 0.486. The summed E-state index contributed by atoms with van der Waals surface area (Å²) in [5.74, 6) is 1.75. The van der Waals surface area contributed by atoms with Crippen molar-refractivity contribution in [2.45, 2.75) is 13.5 Å². The molecule has 0 N–H and O–H groups in total. The van der Waals surface area contributed by atoms with E-state index >= 15 is 0 Å². The van der Waals surface area contributed by atoms with E-state index in [1.54, 1.807) is 29.4 Å². The Balaban J connectivity index is 1.56. The molecule has 3 heterocycles. The molecule has 6 nitrogen and oxygen atoms in total. The van der Waals surface area contributed by atoms with E-state index in [0.717, 1.165) is 15.8 Å². The van der Waals surface area contributed by atoms with Crippen molar-refractivity contribution in [2.24, 2.45) is 0 Å². The van der Waals surface area contributed by atoms with Gasteiger partial charge in [0.15, 0.2) is 16.6 Å². The number of fused-ring (bicyclic) bond motifs is 2. The summed E-state index contributed by atoms with van der Waals surface area (Å²) in [5, 5.41) is 0.630. The van der Waals surface area contributed by atoms with Crippen LogP contribution in [0.4, 0.5) is 5.13 Å². The fourth-order valence-electron chi connectivity index (χ4n) is 3.31. The van der Waals surface area contributed by atoms with Gasteiger partial charge >= 0.3 is 0 Å². The minimum absolute atomic E-state index is 0.171. The number of anilines is 1. The van der Waals surface area contributed by atoms with Crippen molar-refractivity contribution in [3.05, 3.63) is 71.7 Å². The van der Waals surface area contributed by atoms with Gasteiger partial charge in [-0.25, -0.2) is 4.98 Å². The monoisotopic (exact) mass is 406 g/mol. The lowest BCUT2D eigenvalue weighted by Gasteiger charge is -2.21. The van der Waals surface area contributed by atoms with Crippen LogP contribution < -0.4 is 14.4 Å². The van der Waals surface area contributed by atoms with Gasteiger partial charge in [-0.3, -0.25) is 9.69 Å². The van der Waals surface area contributed by atoms with Gasteiger partial charge in [0.25, 0.3) is 5.91 Å². The number of ether oxygens (including phenoxy) is 2. The summed E-state index contributed by atoms with van der Waals surface area (Å²) in [7, 11) is 0. The molecule has 29 heavy (non-hydrogen) atoms. The van der Waals surface area contributed by atoms with Crippen LogP contribution in [0.25, 0.3) is 10.2 Å². The zero-order valence-electron chi connectivity index (χ0n) is 15.8. The van der Waals surface area contributed by atoms with Crippen LogP contribution in [0.15, 0.2) is 59.2 Å². The number of benzene rings is 2. The molecule has 7 heteroatoms. The lowest BCUT2D eigenvalue weighted by molar-refractivity contribution is 0.0982. The first-order valence-electron chi connectivity index (χ1n) is 9.29. The van der Waals surface area contributed by atoms with Gasteiger partial charge in [-0.1, -0.05) is 23.5 Å². The predicted molar refractivity (Wildman–Crippen MR) is 111 cm³/mol. The van der Waals surface area contributed by atoms with Gasteiger partial charge in [0.05, 0.1) is 23.0 Å². The Bertz CT molecular complexity index is 1180. The molecule has 0 fully saturated rings. The summed E-state index contributed by atoms with van der Waals surface area (Å²) in [5.41, 5.74) is 2.50. The standard InChI is InChI=1S/C22H18N2O4S/c1-14-4-2-6-19-20(14)23-22(29-19)24(13-16-5-3-9-26-16)21(25)15-7-8-17-18(12-15)28-11-10-27-17/h2-9,12H,10-11,13H2,1H3. The highest BCUT2D eigenvalue weighted by Gasteiger charge is 2.25. The molecule has 0 spiro atoms. The Hall–Kier alpha value is -3.32. The van der Waals surface area contributed by atoms with Crippen molar-refractivity contribution in [3.63, 3.8) is 0 Å². The third kappa shape index (κ3) is 3.34. The predicted octanol–water partition coefficient (Wildman–Crippen LogP) is 4.82. The van der Waals surface area contributed by atoms with Gasteiger partial charge in [0.2, 0.25) is 0 Å². The molecule has 0 radical (unpaired) electrons. The molecule has 5 rings (SSSR count). The second-order valence-electron chi connectivity index (χ2n) is 6.75. The van der Waals surface area contributed by atoms with Crippen LogP contribution in [-0.4, -0.2) is 24.1 Å². The van der Waals surface area contributed by atoms with Crippen LogP contribution in [0.5, 0.6) is 11.5 Å². The maximum absolute atomic E-state index is 13.5. The van der Waals surface area contributed by atoms with E-state index in [9.17, 15) is 4.79 Å². The van der Waals surface area contributed by atoms with Crippen LogP contribution >= 0.6 is 11.3 Å². The van der Waals surface area contributed by atoms with E-state index in [-0.39, 0.29) is 5.91 Å². The molecule has 0 bridgehead atoms. The SMILES string of the molecule is Cc1cccc2sc(N(Cc3ccco3)C(=O)c3ccc4c(c3)OCCO4)nc12. The number of nitrogens with zero attached hydrogens (tertiary/aromatic N) is 2. The van der Waals surface area contributed by atoms with E-state index in [2.05, 4.69) is 0 Å². The molecule has 0 aliphatic carbocycles. The van der Waals surface area contributed by atoms with Gasteiger partial charge in [0.1, 0.15) is 19.0 Å². The number of hydrogen-bond donors (Lipinski definition) is 0. The molecule has 0 unspecified atom stereocenters. The third-order valence-electron chi connectivity index (χ3n) is 4.77. The molecule has 1 aliphatic rings. The summed E-state index contributed by atoms with van der Waals surface area (Å²) in [4.78, 5) is 19.9. The van der Waals surface area contributed by atoms with E-state index in [1.807, 2.05) is 37.3 Å². The van der Waals surface area contributed by atoms with E-state index in [1.165, 1.54) is 11.3 Å². The fourth-order valence-corrected chi connectivity index (χ4v) is 4.35. The highest BCUT2D eigenvalue weighted by atomic mass is 32.1. The Kier molecular flexibility index (Phi) is 4.44. The van der Waals surface area contributed by atoms with Crippen molar-refractivity contribution in [1.29, 1.82) is 0 Å². The average Bonchev–Trinajstić information content (AvgIpc) is 3.41. The smallest absolute Gasteiger partial charge is 0.260 e. The number of thiazole rings is 1. The van der Waals surface area contributed by atoms with Crippen LogP contribution in [0.1, 0.15) is 21.7 Å². The zero-order valence-corrected chi connectivity index (χ0v) is 16.6. The maximum Gasteiger partial charge on any atom is 0.260 e. The summed E-state index contributed by atoms with van der Waals surface area (Å²) < 4.78 is 17.7. The number of aryl methyl sites for hydroxylation is 1. The third-order valence-corrected chi connectivity index (χ3v) is 5.81. The van der Waals surface area contributed by atoms with Crippen molar-refractivity contribution in [1.82, 2.24) is 4.98 Å². The molecule has 0 saturated carbocycles. The highest BCUT2D eigenvalue weighted by Crippen LogP contribution is 2.34. The lowest BCUT2D eigenvalue weighted by Crippen LogP contribution is -2.30. The summed E-state index contributed by atoms with van der Waals surface area (Å²) >= 11 is 1.49. The Morgan fingerprint density at radius 3 is 2.76 bits per heavy atom. The molecule has 1 amide bonds. The topological polar surface area (TPSA) is 64.8 Å². The number of hydrogen-bond acceptors (Lipinski definition) is 6. The first-order chi connectivity index (χ1) is 14.2. The normalized spacial score (nSPS) is 12.9. The Morgan fingerprint density at radius 1 is 1.10 bits per heavy atom. The van der Waals surface area contributed by atoms with Gasteiger partial charge in [-0.15, -0.1) is 0 Å². The largest absolute Gasteiger partial charge is 0.486 e. The second-order valence-corrected chi connectivity index (χ2v) is 7.76. The lowest BCUT2D eigenvalue weighted by atomic mass is 10.1. The number of aromatic nitrogens is 1. The molecular formula is C22H18N2O4S. The molecular weight excluding hydrogens is 388 g/mol. The van der Waals surface area contributed by atoms with Crippen LogP contribution in [0.3, 0.4) is 0 Å². The first-order valence-corrected chi connectivity index (χ1v) is 10.1. The van der Waals surface area contributed by atoms with Gasteiger partial charge in [-0.05, 0) is 48.9 Å². The molecule has 4 aromatic rings. The number of rotatable bonds is 4. The summed E-state index contributed by atoms with van der Waals surface area (Å²) in [6.07, 6.45) is 1.60. The van der Waals surface area contributed by atoms with E-state index in [4.69, 9.17) is 18.9 Å². The molecule has 2 aromatic heterocycles. The van der Waals surface area contributed by atoms with Crippen LogP contribution in [0.2, 0.25) is 0 Å². The first kappa shape index (κ1) is 17.8. The number of carbonyl (C=O) groups excluding carboxylic acids is 1. The zero-order chi connectivity index (χ0) is 19.8. The maximum atomic E-state index is 13.5. The van der Waals surface area contributed by atoms with Crippen LogP contribution in [-0.2, 0) is 6.54 Å². The number of amides is 1. The van der Waals surface area contributed by atoms with Crippen molar-refractivity contribution < 1.29 is 18.7 Å². The van der Waals surface area contributed by atoms with Crippen molar-refractivity contribution in [3.8, 4) is 11.5 Å². The molecule has 0 saturated heterocycles. The summed E-state index contributed by atoms with van der Waals surface area (Å²) in [6, 6.07) is 14.9. The van der Waals surface area contributed by atoms with Crippen molar-refractivity contribution >= 4 is 32.6 Å². The second kappa shape index (κ2) is 7.25. The van der Waals surface area contributed by atoms with Gasteiger partial charge in [0, 0.05) is 5.56 Å². The minimum Gasteiger partial charge on any atom is -0.486 e. The fraction of sp³-hybridized carbons (Fsp3) is 0.182. The van der Waals surface area contributed by atoms with E-state index in [0.29, 0.717) is 47.7 Å². The highest BCUT2D eigenvalue weighted by molar-refractivity contribution is 7.22. The molecule has 1 aliphatic heterocycles. The van der Waals surface area contributed by atoms with Crippen LogP contribution in [0, 0.1) is 6.92 Å². The van der Waals surface area contributed by atoms with Gasteiger partial charge < -0.3 is 13.9 Å². The average molecular weight is 406 g/mol. The molecule has 0 atom stereocenters. The minimum atomic E-state index is -0.171. The summed E-state index contributed by atoms with van der Waals surface area (Å²) in [6.45, 7) is 3.29.